The molecule has 17 heteroatoms. The Balaban J connectivity index is 1.44. The summed E-state index contributed by atoms with van der Waals surface area (Å²) in [5, 5.41) is 14.5. The van der Waals surface area contributed by atoms with Gasteiger partial charge in [-0.2, -0.15) is 5.10 Å². The fourth-order valence-corrected chi connectivity index (χ4v) is 4.87. The van der Waals surface area contributed by atoms with Gasteiger partial charge in [0.2, 0.25) is 5.91 Å². The van der Waals surface area contributed by atoms with Gasteiger partial charge in [-0.05, 0) is 29.9 Å². The zero-order chi connectivity index (χ0) is 39.1. The molecule has 0 aliphatic heterocycles. The van der Waals surface area contributed by atoms with Crippen LogP contribution in [-0.4, -0.2) is 146 Å². The van der Waals surface area contributed by atoms with Crippen LogP contribution in [0, 0.1) is 5.41 Å². The lowest BCUT2D eigenvalue weighted by atomic mass is 9.86. The molecule has 54 heavy (non-hydrogen) atoms. The molecule has 0 unspecified atom stereocenters. The SMILES string of the molecule is C=CCCCn1nc(C(=O)N[C@H](C(=O)NCCOCCOCCOCCOCCOCCOCCOCCOCCN=[N+]=[N-])C(C)(C)C)c2ccccc21. The second kappa shape index (κ2) is 29.7. The first-order valence-corrected chi connectivity index (χ1v) is 18.6. The lowest BCUT2D eigenvalue weighted by Crippen LogP contribution is -2.54. The van der Waals surface area contributed by atoms with Crippen LogP contribution in [0.15, 0.2) is 42.0 Å². The van der Waals surface area contributed by atoms with Gasteiger partial charge in [0.25, 0.3) is 5.91 Å². The smallest absolute Gasteiger partial charge is 0.273 e. The molecule has 1 atom stereocenters. The molecule has 0 aliphatic rings. The van der Waals surface area contributed by atoms with Crippen molar-refractivity contribution < 1.29 is 47.5 Å². The third kappa shape index (κ3) is 20.7. The van der Waals surface area contributed by atoms with Crippen LogP contribution >= 0.6 is 0 Å². The van der Waals surface area contributed by atoms with E-state index in [1.807, 2.05) is 55.8 Å². The second-order valence-corrected chi connectivity index (χ2v) is 12.9. The van der Waals surface area contributed by atoms with Crippen molar-refractivity contribution in [2.24, 2.45) is 10.5 Å². The first-order valence-electron chi connectivity index (χ1n) is 18.6. The molecule has 0 saturated heterocycles. The summed E-state index contributed by atoms with van der Waals surface area (Å²) < 4.78 is 45.4. The molecular formula is C37H61N7O10. The van der Waals surface area contributed by atoms with Gasteiger partial charge in [0, 0.05) is 29.9 Å². The minimum Gasteiger partial charge on any atom is -0.379 e. The number of unbranched alkanes of at least 4 members (excludes halogenated alkanes) is 1. The Morgan fingerprint density at radius 1 is 0.815 bits per heavy atom. The van der Waals surface area contributed by atoms with Gasteiger partial charge in [-0.15, -0.1) is 6.58 Å². The van der Waals surface area contributed by atoms with Crippen molar-refractivity contribution in [3.8, 4) is 0 Å². The maximum absolute atomic E-state index is 13.4. The average Bonchev–Trinajstić information content (AvgIpc) is 3.53. The molecule has 0 saturated carbocycles. The molecule has 0 spiro atoms. The van der Waals surface area contributed by atoms with E-state index in [1.165, 1.54) is 0 Å². The lowest BCUT2D eigenvalue weighted by molar-refractivity contribution is -0.125. The van der Waals surface area contributed by atoms with Crippen LogP contribution in [0.5, 0.6) is 0 Å². The fraction of sp³-hybridized carbons (Fsp3) is 0.703. The normalized spacial score (nSPS) is 12.1. The van der Waals surface area contributed by atoms with E-state index >= 15 is 0 Å². The van der Waals surface area contributed by atoms with Crippen LogP contribution in [0.3, 0.4) is 0 Å². The molecule has 17 nitrogen and oxygen atoms in total. The molecule has 1 aromatic heterocycles. The van der Waals surface area contributed by atoms with E-state index < -0.39 is 17.4 Å². The number of nitrogens with one attached hydrogen (secondary N) is 2. The first kappa shape index (κ1) is 46.5. The van der Waals surface area contributed by atoms with Gasteiger partial charge in [0.1, 0.15) is 6.04 Å². The average molecular weight is 764 g/mol. The first-order chi connectivity index (χ1) is 26.3. The molecule has 2 N–H and O–H groups in total. The summed E-state index contributed by atoms with van der Waals surface area (Å²) in [7, 11) is 0. The summed E-state index contributed by atoms with van der Waals surface area (Å²) in [5.74, 6) is -0.681. The van der Waals surface area contributed by atoms with E-state index in [2.05, 4.69) is 32.3 Å². The maximum atomic E-state index is 13.4. The van der Waals surface area contributed by atoms with E-state index in [9.17, 15) is 9.59 Å². The summed E-state index contributed by atoms with van der Waals surface area (Å²) in [5.41, 5.74) is 8.80. The third-order valence-corrected chi connectivity index (χ3v) is 7.60. The Labute approximate surface area is 318 Å². The van der Waals surface area contributed by atoms with Crippen molar-refractivity contribution in [1.29, 1.82) is 0 Å². The number of hydrogen-bond acceptors (Lipinski definition) is 12. The van der Waals surface area contributed by atoms with Crippen LogP contribution in [0.25, 0.3) is 21.3 Å². The van der Waals surface area contributed by atoms with Crippen molar-refractivity contribution in [3.63, 3.8) is 0 Å². The number of carbonyl (C=O) groups is 2. The number of rotatable bonds is 34. The summed E-state index contributed by atoms with van der Waals surface area (Å²) in [6, 6.07) is 6.83. The summed E-state index contributed by atoms with van der Waals surface area (Å²) in [6.07, 6.45) is 3.58. The molecule has 1 aromatic carbocycles. The van der Waals surface area contributed by atoms with Gasteiger partial charge >= 0.3 is 0 Å². The highest BCUT2D eigenvalue weighted by atomic mass is 16.6. The lowest BCUT2D eigenvalue weighted by Gasteiger charge is -2.30. The van der Waals surface area contributed by atoms with Crippen LogP contribution in [0.1, 0.15) is 44.1 Å². The summed E-state index contributed by atoms with van der Waals surface area (Å²) in [4.78, 5) is 29.2. The Morgan fingerprint density at radius 3 is 1.78 bits per heavy atom. The van der Waals surface area contributed by atoms with Crippen molar-refractivity contribution in [2.75, 3.05) is 119 Å². The molecule has 304 valence electrons. The van der Waals surface area contributed by atoms with Crippen molar-refractivity contribution in [1.82, 2.24) is 20.4 Å². The number of aromatic nitrogens is 2. The molecule has 0 fully saturated rings. The number of allylic oxidation sites excluding steroid dienone is 1. The Bertz CT molecular complexity index is 1360. The van der Waals surface area contributed by atoms with Gasteiger partial charge in [-0.25, -0.2) is 0 Å². The van der Waals surface area contributed by atoms with Crippen LogP contribution < -0.4 is 10.6 Å². The summed E-state index contributed by atoms with van der Waals surface area (Å²) in [6.45, 7) is 17.7. The van der Waals surface area contributed by atoms with Crippen LogP contribution in [-0.2, 0) is 49.2 Å². The molecule has 2 aromatic rings. The Kier molecular flexibility index (Phi) is 25.6. The Hall–Kier alpha value is -3.64. The maximum Gasteiger partial charge on any atom is 0.273 e. The third-order valence-electron chi connectivity index (χ3n) is 7.60. The zero-order valence-corrected chi connectivity index (χ0v) is 32.3. The molecular weight excluding hydrogens is 702 g/mol. The number of carbonyl (C=O) groups excluding carboxylic acids is 2. The monoisotopic (exact) mass is 763 g/mol. The predicted molar refractivity (Wildman–Crippen MR) is 203 cm³/mol. The quantitative estimate of drug-likeness (QED) is 0.0347. The number of hydrogen-bond donors (Lipinski definition) is 2. The minimum atomic E-state index is -0.777. The largest absolute Gasteiger partial charge is 0.379 e. The van der Waals surface area contributed by atoms with Gasteiger partial charge in [-0.3, -0.25) is 14.3 Å². The molecule has 2 rings (SSSR count). The van der Waals surface area contributed by atoms with Gasteiger partial charge in [0.05, 0.1) is 111 Å². The number of aryl methyl sites for hydroxylation is 1. The van der Waals surface area contributed by atoms with E-state index in [4.69, 9.17) is 43.4 Å². The summed E-state index contributed by atoms with van der Waals surface area (Å²) >= 11 is 0. The molecule has 0 aliphatic carbocycles. The van der Waals surface area contributed by atoms with Crippen LogP contribution in [0.2, 0.25) is 0 Å². The fourth-order valence-electron chi connectivity index (χ4n) is 4.87. The van der Waals surface area contributed by atoms with E-state index in [-0.39, 0.29) is 5.91 Å². The van der Waals surface area contributed by atoms with Crippen LogP contribution in [0.4, 0.5) is 0 Å². The van der Waals surface area contributed by atoms with Crippen molar-refractivity contribution in [3.05, 3.63) is 53.1 Å². The number of azide groups is 1. The van der Waals surface area contributed by atoms with Gasteiger partial charge in [0.15, 0.2) is 5.69 Å². The molecule has 0 bridgehead atoms. The highest BCUT2D eigenvalue weighted by Crippen LogP contribution is 2.23. The Morgan fingerprint density at radius 2 is 1.30 bits per heavy atom. The number of ether oxygens (including phenoxy) is 8. The van der Waals surface area contributed by atoms with E-state index in [0.717, 1.165) is 23.7 Å². The zero-order valence-electron chi connectivity index (χ0n) is 32.3. The van der Waals surface area contributed by atoms with Gasteiger partial charge < -0.3 is 48.5 Å². The number of amides is 2. The number of fused-ring (bicyclic) bond motifs is 1. The second-order valence-electron chi connectivity index (χ2n) is 12.9. The predicted octanol–water partition coefficient (Wildman–Crippen LogP) is 3.71. The van der Waals surface area contributed by atoms with Crippen molar-refractivity contribution in [2.45, 2.75) is 46.2 Å². The molecule has 0 radical (unpaired) electrons. The van der Waals surface area contributed by atoms with Crippen molar-refractivity contribution >= 4 is 22.7 Å². The van der Waals surface area contributed by atoms with E-state index in [1.54, 1.807) is 0 Å². The number of para-hydroxylation sites is 1. The van der Waals surface area contributed by atoms with E-state index in [0.29, 0.717) is 131 Å². The standard InChI is InChI=1S/C37H61N7O10/c1-5-6-9-14-44-32-11-8-7-10-31(32)33(42-44)35(45)41-34(37(2,3)4)36(46)39-12-15-47-17-19-49-21-23-51-25-27-53-29-30-54-28-26-52-24-22-50-20-18-48-16-13-40-43-38/h5,7-8,10-11,34H,1,6,9,12-30H2,2-4H3,(H,39,46)(H,41,45)/t34-/m1/s1. The number of benzene rings is 1. The van der Waals surface area contributed by atoms with Gasteiger partial charge in [-0.1, -0.05) is 50.2 Å². The topological polar surface area (TPSA) is 199 Å². The number of nitrogens with zero attached hydrogens (tertiary/aromatic N) is 5. The highest BCUT2D eigenvalue weighted by molar-refractivity contribution is 6.06. The highest BCUT2D eigenvalue weighted by Gasteiger charge is 2.34. The molecule has 1 heterocycles. The molecule has 2 amide bonds. The minimum absolute atomic E-state index is 0.289.